The van der Waals surface area contributed by atoms with Gasteiger partial charge in [0, 0.05) is 37.5 Å². The summed E-state index contributed by atoms with van der Waals surface area (Å²) in [6.45, 7) is 4.51. The Hall–Kier alpha value is -1.68. The van der Waals surface area contributed by atoms with Gasteiger partial charge in [-0.2, -0.15) is 0 Å². The zero-order chi connectivity index (χ0) is 18.4. The molecule has 0 bridgehead atoms. The lowest BCUT2D eigenvalue weighted by molar-refractivity contribution is 0.209. The Morgan fingerprint density at radius 1 is 1.12 bits per heavy atom. The third-order valence-electron chi connectivity index (χ3n) is 4.03. The predicted octanol–water partition coefficient (Wildman–Crippen LogP) is 3.80. The first-order valence-electron chi connectivity index (χ1n) is 8.45. The molecular formula is C19H27N2O3P. The molecule has 0 aliphatic carbocycles. The lowest BCUT2D eigenvalue weighted by atomic mass is 10.2. The number of hydrogen-bond acceptors (Lipinski definition) is 5. The topological polar surface area (TPSA) is 62.7 Å². The first-order chi connectivity index (χ1) is 11.8. The van der Waals surface area contributed by atoms with E-state index in [0.29, 0.717) is 23.4 Å². The molecule has 0 saturated carbocycles. The highest BCUT2D eigenvalue weighted by molar-refractivity contribution is 7.67. The summed E-state index contributed by atoms with van der Waals surface area (Å²) < 4.78 is 19.5. The van der Waals surface area contributed by atoms with Crippen molar-refractivity contribution in [1.82, 2.24) is 4.98 Å². The third kappa shape index (κ3) is 4.91. The Bertz CT molecular complexity index is 702. The predicted molar refractivity (Wildman–Crippen MR) is 103 cm³/mol. The van der Waals surface area contributed by atoms with E-state index in [-0.39, 0.29) is 0 Å². The van der Waals surface area contributed by atoms with Crippen LogP contribution < -0.4 is 10.2 Å². The highest BCUT2D eigenvalue weighted by atomic mass is 31.2. The van der Waals surface area contributed by atoms with Crippen molar-refractivity contribution in [3.8, 4) is 0 Å². The minimum absolute atomic E-state index is 0.340. The molecule has 2 atom stereocenters. The molecule has 2 rings (SSSR count). The van der Waals surface area contributed by atoms with Gasteiger partial charge in [-0.25, -0.2) is 0 Å². The molecule has 2 aromatic rings. The van der Waals surface area contributed by atoms with E-state index < -0.39 is 13.2 Å². The molecule has 0 aliphatic rings. The first kappa shape index (κ1) is 19.6. The molecule has 1 aromatic heterocycles. The number of hydrogen-bond donors (Lipinski definition) is 1. The normalized spacial score (nSPS) is 15.0. The van der Waals surface area contributed by atoms with Crippen molar-refractivity contribution in [3.63, 3.8) is 0 Å². The van der Waals surface area contributed by atoms with Crippen LogP contribution in [0.2, 0.25) is 0 Å². The number of rotatable bonds is 8. The van der Waals surface area contributed by atoms with Gasteiger partial charge in [-0.3, -0.25) is 9.55 Å². The van der Waals surface area contributed by atoms with Crippen molar-refractivity contribution in [2.45, 2.75) is 26.1 Å². The van der Waals surface area contributed by atoms with Gasteiger partial charge in [0.2, 0.25) is 0 Å². The highest BCUT2D eigenvalue weighted by Gasteiger charge is 2.36. The lowest BCUT2D eigenvalue weighted by Gasteiger charge is -2.25. The van der Waals surface area contributed by atoms with Crippen LogP contribution >= 0.6 is 7.37 Å². The highest BCUT2D eigenvalue weighted by Crippen LogP contribution is 2.57. The zero-order valence-corrected chi connectivity index (χ0v) is 16.2. The average molecular weight is 362 g/mol. The fourth-order valence-corrected chi connectivity index (χ4v) is 4.48. The maximum Gasteiger partial charge on any atom is 0.264 e. The van der Waals surface area contributed by atoms with E-state index >= 15 is 0 Å². The van der Waals surface area contributed by atoms with E-state index in [2.05, 4.69) is 18.8 Å². The summed E-state index contributed by atoms with van der Waals surface area (Å²) in [5, 5.41) is 11.3. The van der Waals surface area contributed by atoms with E-state index in [0.717, 1.165) is 12.1 Å². The third-order valence-corrected chi connectivity index (χ3v) is 6.56. The summed E-state index contributed by atoms with van der Waals surface area (Å²) in [5.41, 5.74) is 1.54. The van der Waals surface area contributed by atoms with Crippen LogP contribution in [0.1, 0.15) is 31.7 Å². The van der Waals surface area contributed by atoms with Crippen molar-refractivity contribution in [2.24, 2.45) is 5.92 Å². The average Bonchev–Trinajstić information content (AvgIpc) is 2.61. The van der Waals surface area contributed by atoms with Crippen molar-refractivity contribution in [1.29, 1.82) is 0 Å². The number of aliphatic hydroxyl groups is 1. The molecular weight excluding hydrogens is 335 g/mol. The van der Waals surface area contributed by atoms with Crippen molar-refractivity contribution in [2.75, 3.05) is 25.6 Å². The van der Waals surface area contributed by atoms with Gasteiger partial charge in [-0.05, 0) is 54.3 Å². The molecule has 0 fully saturated rings. The van der Waals surface area contributed by atoms with Gasteiger partial charge in [0.15, 0.2) is 5.85 Å². The molecule has 25 heavy (non-hydrogen) atoms. The van der Waals surface area contributed by atoms with Crippen LogP contribution in [0.4, 0.5) is 5.69 Å². The smallest absolute Gasteiger partial charge is 0.264 e. The van der Waals surface area contributed by atoms with Crippen LogP contribution in [0.25, 0.3) is 0 Å². The fourth-order valence-electron chi connectivity index (χ4n) is 2.40. The van der Waals surface area contributed by atoms with Crippen LogP contribution in [0.15, 0.2) is 48.8 Å². The minimum Gasteiger partial charge on any atom is -0.378 e. The number of benzene rings is 1. The Morgan fingerprint density at radius 3 is 2.24 bits per heavy atom. The Labute approximate surface area is 150 Å². The van der Waals surface area contributed by atoms with Crippen LogP contribution in [-0.4, -0.2) is 30.8 Å². The number of anilines is 1. The molecule has 1 N–H and O–H groups in total. The summed E-state index contributed by atoms with van der Waals surface area (Å²) in [5.74, 6) is -0.782. The van der Waals surface area contributed by atoms with E-state index in [1.54, 1.807) is 36.7 Å². The van der Waals surface area contributed by atoms with Gasteiger partial charge in [-0.1, -0.05) is 13.8 Å². The van der Waals surface area contributed by atoms with Gasteiger partial charge in [0.05, 0.1) is 6.61 Å². The number of aromatic nitrogens is 1. The van der Waals surface area contributed by atoms with Crippen LogP contribution in [0.3, 0.4) is 0 Å². The second-order valence-electron chi connectivity index (χ2n) is 6.68. The standard InChI is InChI=1S/C19H27N2O3P/c1-15(2)11-14-24-25(23,19(22)16-9-12-20-13-10-16)18-7-5-17(6-8-18)21(3)4/h5-10,12-13,15,19,22H,11,14H2,1-4H3/t19-,25-/m0/s1. The van der Waals surface area contributed by atoms with Crippen molar-refractivity contribution < 1.29 is 14.2 Å². The fraction of sp³-hybridized carbons (Fsp3) is 0.421. The molecule has 0 radical (unpaired) electrons. The van der Waals surface area contributed by atoms with E-state index in [1.807, 2.05) is 31.1 Å². The largest absolute Gasteiger partial charge is 0.378 e. The molecule has 0 amide bonds. The number of aliphatic hydroxyl groups excluding tert-OH is 1. The summed E-state index contributed by atoms with van der Waals surface area (Å²) in [4.78, 5) is 5.92. The molecule has 5 nitrogen and oxygen atoms in total. The van der Waals surface area contributed by atoms with Gasteiger partial charge in [-0.15, -0.1) is 0 Å². The second-order valence-corrected chi connectivity index (χ2v) is 9.14. The van der Waals surface area contributed by atoms with E-state index in [4.69, 9.17) is 4.52 Å². The van der Waals surface area contributed by atoms with Crippen molar-refractivity contribution >= 4 is 18.4 Å². The SMILES string of the molecule is CC(C)CCO[P@@](=O)(c1ccc(N(C)C)cc1)[C@H](O)c1ccncc1. The van der Waals surface area contributed by atoms with Gasteiger partial charge in [0.1, 0.15) is 0 Å². The van der Waals surface area contributed by atoms with E-state index in [1.165, 1.54) is 0 Å². The minimum atomic E-state index is -3.48. The monoisotopic (exact) mass is 362 g/mol. The van der Waals surface area contributed by atoms with Crippen LogP contribution in [0.5, 0.6) is 0 Å². The van der Waals surface area contributed by atoms with Crippen molar-refractivity contribution in [3.05, 3.63) is 54.4 Å². The second kappa shape index (κ2) is 8.61. The molecule has 6 heteroatoms. The molecule has 1 heterocycles. The summed E-state index contributed by atoms with van der Waals surface area (Å²) >= 11 is 0. The van der Waals surface area contributed by atoms with Gasteiger partial charge >= 0.3 is 0 Å². The quantitative estimate of drug-likeness (QED) is 0.724. The molecule has 0 unspecified atom stereocenters. The Balaban J connectivity index is 2.35. The van der Waals surface area contributed by atoms with Gasteiger partial charge in [0.25, 0.3) is 7.37 Å². The summed E-state index contributed by atoms with van der Waals surface area (Å²) in [6, 6.07) is 10.6. The molecule has 0 spiro atoms. The Kier molecular flexibility index (Phi) is 6.77. The summed E-state index contributed by atoms with van der Waals surface area (Å²) in [6.07, 6.45) is 3.93. The van der Waals surface area contributed by atoms with E-state index in [9.17, 15) is 9.67 Å². The molecule has 0 saturated heterocycles. The van der Waals surface area contributed by atoms with Gasteiger partial charge < -0.3 is 14.5 Å². The molecule has 0 aliphatic heterocycles. The first-order valence-corrected chi connectivity index (χ1v) is 10.1. The van der Waals surface area contributed by atoms with Crippen LogP contribution in [0, 0.1) is 5.92 Å². The maximum absolute atomic E-state index is 13.7. The van der Waals surface area contributed by atoms with Crippen LogP contribution in [-0.2, 0) is 9.09 Å². The molecule has 136 valence electrons. The molecule has 1 aromatic carbocycles. The Morgan fingerprint density at radius 2 is 1.72 bits per heavy atom. The lowest BCUT2D eigenvalue weighted by Crippen LogP contribution is -2.16. The maximum atomic E-state index is 13.7. The zero-order valence-electron chi connectivity index (χ0n) is 15.3. The number of nitrogens with zero attached hydrogens (tertiary/aromatic N) is 2. The summed E-state index contributed by atoms with van der Waals surface area (Å²) in [7, 11) is 0.406. The number of pyridine rings is 1.